The smallest absolute Gasteiger partial charge is 0.259 e. The van der Waals surface area contributed by atoms with Gasteiger partial charge in [-0.1, -0.05) is 0 Å². The topological polar surface area (TPSA) is 86.3 Å². The number of sulfonamides is 1. The zero-order valence-corrected chi connectivity index (χ0v) is 9.53. The van der Waals surface area contributed by atoms with Crippen LogP contribution in [0.15, 0.2) is 17.3 Å². The number of aliphatic hydroxyl groups is 1. The first kappa shape index (κ1) is 12.2. The van der Waals surface area contributed by atoms with Crippen molar-refractivity contribution in [3.05, 3.63) is 12.3 Å². The van der Waals surface area contributed by atoms with Crippen LogP contribution in [-0.4, -0.2) is 47.7 Å². The minimum absolute atomic E-state index is 0.0654. The minimum atomic E-state index is -3.49. The molecule has 1 aromatic rings. The van der Waals surface area contributed by atoms with Gasteiger partial charge in [0, 0.05) is 13.6 Å². The van der Waals surface area contributed by atoms with Crippen LogP contribution in [0.2, 0.25) is 0 Å². The number of hydrogen-bond donors (Lipinski definition) is 2. The third-order valence-electron chi connectivity index (χ3n) is 2.03. The summed E-state index contributed by atoms with van der Waals surface area (Å²) in [6.45, 7) is 1.90. The third kappa shape index (κ3) is 3.01. The van der Waals surface area contributed by atoms with E-state index in [0.717, 1.165) is 0 Å². The highest BCUT2D eigenvalue weighted by Crippen LogP contribution is 2.10. The fourth-order valence-electron chi connectivity index (χ4n) is 1.04. The molecule has 0 radical (unpaired) electrons. The van der Waals surface area contributed by atoms with E-state index in [1.807, 2.05) is 0 Å². The van der Waals surface area contributed by atoms with Crippen molar-refractivity contribution in [2.24, 2.45) is 0 Å². The molecule has 1 aromatic heterocycles. The van der Waals surface area contributed by atoms with Crippen molar-refractivity contribution < 1.29 is 13.5 Å². The molecular weight excluding hydrogens is 218 g/mol. The first-order valence-electron chi connectivity index (χ1n) is 4.58. The van der Waals surface area contributed by atoms with Gasteiger partial charge in [-0.25, -0.2) is 8.42 Å². The van der Waals surface area contributed by atoms with Crippen LogP contribution >= 0.6 is 0 Å². The Morgan fingerprint density at radius 2 is 2.33 bits per heavy atom. The predicted octanol–water partition coefficient (Wildman–Crippen LogP) is -0.199. The second-order valence-corrected chi connectivity index (χ2v) is 5.40. The summed E-state index contributed by atoms with van der Waals surface area (Å²) in [5, 5.41) is 15.1. The Hall–Kier alpha value is -0.920. The fraction of sp³-hybridized carbons (Fsp3) is 0.625. The Kier molecular flexibility index (Phi) is 3.83. The van der Waals surface area contributed by atoms with E-state index in [1.165, 1.54) is 23.6 Å². The molecule has 1 atom stereocenters. The molecule has 0 saturated heterocycles. The Bertz CT molecular complexity index is 385. The zero-order valence-electron chi connectivity index (χ0n) is 8.71. The number of aromatic amines is 1. The summed E-state index contributed by atoms with van der Waals surface area (Å²) < 4.78 is 24.7. The molecule has 0 amide bonds. The molecule has 1 rings (SSSR count). The van der Waals surface area contributed by atoms with Gasteiger partial charge in [0.15, 0.2) is 5.03 Å². The van der Waals surface area contributed by atoms with Crippen molar-refractivity contribution in [1.29, 1.82) is 0 Å². The highest BCUT2D eigenvalue weighted by Gasteiger charge is 2.21. The molecule has 7 heteroatoms. The molecular formula is C8H15N3O3S. The average Bonchev–Trinajstić information content (AvgIpc) is 2.66. The van der Waals surface area contributed by atoms with Crippen LogP contribution in [0, 0.1) is 0 Å². The summed E-state index contributed by atoms with van der Waals surface area (Å²) in [6, 6.07) is 1.40. The van der Waals surface area contributed by atoms with Gasteiger partial charge in [-0.2, -0.15) is 9.40 Å². The van der Waals surface area contributed by atoms with E-state index in [1.54, 1.807) is 6.92 Å². The second kappa shape index (κ2) is 4.73. The zero-order chi connectivity index (χ0) is 11.5. The standard InChI is InChI=1S/C8H15N3O3S/c1-7(12)4-6-11(2)15(13,14)8-3-5-9-10-8/h3,5,7,12H,4,6H2,1-2H3,(H,9,10). The Balaban J connectivity index is 2.71. The predicted molar refractivity (Wildman–Crippen MR) is 54.7 cm³/mol. The lowest BCUT2D eigenvalue weighted by Crippen LogP contribution is -2.29. The summed E-state index contributed by atoms with van der Waals surface area (Å²) >= 11 is 0. The molecule has 0 saturated carbocycles. The summed E-state index contributed by atoms with van der Waals surface area (Å²) in [5.74, 6) is 0. The molecule has 6 nitrogen and oxygen atoms in total. The van der Waals surface area contributed by atoms with Gasteiger partial charge in [-0.05, 0) is 19.4 Å². The number of rotatable bonds is 5. The Morgan fingerprint density at radius 3 is 2.80 bits per heavy atom. The second-order valence-electron chi connectivity index (χ2n) is 3.39. The summed E-state index contributed by atoms with van der Waals surface area (Å²) in [4.78, 5) is 0. The number of aliphatic hydroxyl groups excluding tert-OH is 1. The van der Waals surface area contributed by atoms with Gasteiger partial charge in [-0.3, -0.25) is 5.10 Å². The van der Waals surface area contributed by atoms with Crippen molar-refractivity contribution in [2.45, 2.75) is 24.5 Å². The van der Waals surface area contributed by atoms with Crippen LogP contribution < -0.4 is 0 Å². The van der Waals surface area contributed by atoms with Gasteiger partial charge in [0.2, 0.25) is 0 Å². The van der Waals surface area contributed by atoms with E-state index in [4.69, 9.17) is 5.11 Å². The van der Waals surface area contributed by atoms with E-state index in [9.17, 15) is 8.42 Å². The number of nitrogens with zero attached hydrogens (tertiary/aromatic N) is 2. The van der Waals surface area contributed by atoms with E-state index in [2.05, 4.69) is 10.2 Å². The number of aromatic nitrogens is 2. The number of hydrogen-bond acceptors (Lipinski definition) is 4. The summed E-state index contributed by atoms with van der Waals surface area (Å²) in [7, 11) is -2.02. The largest absolute Gasteiger partial charge is 0.393 e. The average molecular weight is 233 g/mol. The lowest BCUT2D eigenvalue weighted by Gasteiger charge is -2.16. The SMILES string of the molecule is CC(O)CCN(C)S(=O)(=O)c1ccn[nH]1. The van der Waals surface area contributed by atoms with E-state index >= 15 is 0 Å². The molecule has 0 spiro atoms. The minimum Gasteiger partial charge on any atom is -0.393 e. The summed E-state index contributed by atoms with van der Waals surface area (Å²) in [6.07, 6.45) is 1.28. The van der Waals surface area contributed by atoms with Crippen molar-refractivity contribution in [2.75, 3.05) is 13.6 Å². The highest BCUT2D eigenvalue weighted by atomic mass is 32.2. The van der Waals surface area contributed by atoms with Crippen LogP contribution in [0.25, 0.3) is 0 Å². The number of nitrogens with one attached hydrogen (secondary N) is 1. The molecule has 0 fully saturated rings. The molecule has 0 bridgehead atoms. The van der Waals surface area contributed by atoms with Gasteiger partial charge < -0.3 is 5.11 Å². The lowest BCUT2D eigenvalue weighted by atomic mass is 10.3. The maximum absolute atomic E-state index is 11.8. The van der Waals surface area contributed by atoms with Crippen LogP contribution in [-0.2, 0) is 10.0 Å². The molecule has 1 heterocycles. The molecule has 0 aromatic carbocycles. The van der Waals surface area contributed by atoms with Gasteiger partial charge in [0.25, 0.3) is 10.0 Å². The van der Waals surface area contributed by atoms with Crippen molar-refractivity contribution in [1.82, 2.24) is 14.5 Å². The van der Waals surface area contributed by atoms with Crippen molar-refractivity contribution in [3.63, 3.8) is 0 Å². The lowest BCUT2D eigenvalue weighted by molar-refractivity contribution is 0.177. The van der Waals surface area contributed by atoms with Crippen molar-refractivity contribution in [3.8, 4) is 0 Å². The van der Waals surface area contributed by atoms with Crippen LogP contribution in [0.4, 0.5) is 0 Å². The fourth-order valence-corrected chi connectivity index (χ4v) is 2.13. The molecule has 1 unspecified atom stereocenters. The van der Waals surface area contributed by atoms with E-state index in [-0.39, 0.29) is 11.6 Å². The first-order valence-corrected chi connectivity index (χ1v) is 6.02. The Labute approximate surface area is 89.0 Å². The molecule has 15 heavy (non-hydrogen) atoms. The number of H-pyrrole nitrogens is 1. The summed E-state index contributed by atoms with van der Waals surface area (Å²) in [5.41, 5.74) is 0. The molecule has 2 N–H and O–H groups in total. The van der Waals surface area contributed by atoms with E-state index < -0.39 is 16.1 Å². The maximum atomic E-state index is 11.8. The van der Waals surface area contributed by atoms with Gasteiger partial charge in [0.1, 0.15) is 0 Å². The van der Waals surface area contributed by atoms with Crippen LogP contribution in [0.3, 0.4) is 0 Å². The highest BCUT2D eigenvalue weighted by molar-refractivity contribution is 7.89. The van der Waals surface area contributed by atoms with Gasteiger partial charge in [-0.15, -0.1) is 0 Å². The maximum Gasteiger partial charge on any atom is 0.259 e. The van der Waals surface area contributed by atoms with Crippen LogP contribution in [0.1, 0.15) is 13.3 Å². The van der Waals surface area contributed by atoms with Gasteiger partial charge in [0.05, 0.1) is 12.3 Å². The normalized spacial score (nSPS) is 14.4. The monoisotopic (exact) mass is 233 g/mol. The molecule has 0 aliphatic heterocycles. The van der Waals surface area contributed by atoms with Gasteiger partial charge >= 0.3 is 0 Å². The molecule has 86 valence electrons. The molecule has 0 aliphatic rings. The third-order valence-corrected chi connectivity index (χ3v) is 3.81. The quantitative estimate of drug-likeness (QED) is 0.737. The molecule has 0 aliphatic carbocycles. The van der Waals surface area contributed by atoms with Crippen LogP contribution in [0.5, 0.6) is 0 Å². The van der Waals surface area contributed by atoms with Crippen molar-refractivity contribution >= 4 is 10.0 Å². The van der Waals surface area contributed by atoms with E-state index in [0.29, 0.717) is 6.42 Å². The first-order chi connectivity index (χ1) is 6.94. The Morgan fingerprint density at radius 1 is 1.67 bits per heavy atom.